The second-order valence-corrected chi connectivity index (χ2v) is 13.6. The molecule has 9 heteroatoms. The van der Waals surface area contributed by atoms with Gasteiger partial charge in [0.05, 0.1) is 13.2 Å². The maximum Gasteiger partial charge on any atom is 0.337 e. The van der Waals surface area contributed by atoms with E-state index < -0.39 is 30.1 Å². The highest BCUT2D eigenvalue weighted by Crippen LogP contribution is 2.28. The summed E-state index contributed by atoms with van der Waals surface area (Å²) >= 11 is 0. The van der Waals surface area contributed by atoms with E-state index in [1.54, 1.807) is 20.7 Å². The van der Waals surface area contributed by atoms with Gasteiger partial charge in [-0.1, -0.05) is 116 Å². The molecule has 4 rings (SSSR count). The molecule has 0 aromatic heterocycles. The first-order chi connectivity index (χ1) is 24.2. The molecule has 0 bridgehead atoms. The van der Waals surface area contributed by atoms with Crippen LogP contribution in [0, 0.1) is 5.92 Å². The molecule has 0 amide bonds. The number of ether oxygens (including phenoxy) is 2. The summed E-state index contributed by atoms with van der Waals surface area (Å²) in [7, 11) is 0. The van der Waals surface area contributed by atoms with Crippen molar-refractivity contribution >= 4 is 18.9 Å². The van der Waals surface area contributed by atoms with Gasteiger partial charge < -0.3 is 30.4 Å². The second-order valence-electron chi connectivity index (χ2n) is 13.6. The summed E-state index contributed by atoms with van der Waals surface area (Å²) in [6.45, 7) is 8.06. The highest BCUT2D eigenvalue weighted by atomic mass is 16.6. The van der Waals surface area contributed by atoms with E-state index >= 15 is 0 Å². The van der Waals surface area contributed by atoms with Crippen LogP contribution in [0.2, 0.25) is 13.1 Å². The van der Waals surface area contributed by atoms with E-state index in [9.17, 15) is 24.8 Å². The Labute approximate surface area is 303 Å². The largest absolute Gasteiger partial charge is 0.464 e. The maximum atomic E-state index is 12.0. The van der Waals surface area contributed by atoms with Crippen LogP contribution >= 0.6 is 0 Å². The van der Waals surface area contributed by atoms with Gasteiger partial charge in [-0.2, -0.15) is 0 Å². The van der Waals surface area contributed by atoms with Crippen molar-refractivity contribution in [3.63, 3.8) is 0 Å². The zero-order valence-electron chi connectivity index (χ0n) is 30.6. The molecule has 5 N–H and O–H groups in total. The van der Waals surface area contributed by atoms with Crippen LogP contribution in [-0.2, 0) is 31.9 Å². The highest BCUT2D eigenvalue weighted by molar-refractivity contribution is 6.48. The Balaban J connectivity index is 0.000000277. The molecule has 4 aromatic carbocycles. The third kappa shape index (κ3) is 13.8. The van der Waals surface area contributed by atoms with Crippen molar-refractivity contribution in [1.29, 1.82) is 0 Å². The molecule has 272 valence electrons. The quantitative estimate of drug-likeness (QED) is 0.0746. The van der Waals surface area contributed by atoms with Crippen molar-refractivity contribution in [3.8, 4) is 22.3 Å². The Morgan fingerprint density at radius 3 is 1.41 bits per heavy atom. The lowest BCUT2D eigenvalue weighted by molar-refractivity contribution is -0.165. The van der Waals surface area contributed by atoms with Gasteiger partial charge >= 0.3 is 11.9 Å². The van der Waals surface area contributed by atoms with Crippen LogP contribution < -0.4 is 5.73 Å². The number of carbonyl (C=O) groups excluding carboxylic acids is 2. The highest BCUT2D eigenvalue weighted by Gasteiger charge is 2.36. The molecule has 0 saturated heterocycles. The predicted octanol–water partition coefficient (Wildman–Crippen LogP) is 6.76. The minimum atomic E-state index is -1.56. The number of rotatable bonds is 16. The molecule has 0 fully saturated rings. The third-order valence-corrected chi connectivity index (χ3v) is 8.60. The Kier molecular flexibility index (Phi) is 16.1. The van der Waals surface area contributed by atoms with Gasteiger partial charge in [-0.25, -0.2) is 9.59 Å². The van der Waals surface area contributed by atoms with Crippen LogP contribution in [0.25, 0.3) is 22.3 Å². The molecule has 0 radical (unpaired) electrons. The number of carbonyl (C=O) groups is 2. The van der Waals surface area contributed by atoms with Gasteiger partial charge in [-0.05, 0) is 92.6 Å². The number of nitrogens with two attached hydrogens (primary N) is 1. The van der Waals surface area contributed by atoms with E-state index in [-0.39, 0.29) is 38.0 Å². The van der Waals surface area contributed by atoms with Gasteiger partial charge in [0.25, 0.3) is 6.92 Å². The molecule has 2 unspecified atom stereocenters. The summed E-state index contributed by atoms with van der Waals surface area (Å²) in [5.74, 6) is -1.27. The fourth-order valence-corrected chi connectivity index (χ4v) is 6.17. The summed E-state index contributed by atoms with van der Waals surface area (Å²) < 4.78 is 9.85. The summed E-state index contributed by atoms with van der Waals surface area (Å²) in [4.78, 5) is 23.7. The van der Waals surface area contributed by atoms with Crippen LogP contribution in [0.5, 0.6) is 0 Å². The van der Waals surface area contributed by atoms with Crippen LogP contribution in [-0.4, -0.2) is 64.5 Å². The van der Waals surface area contributed by atoms with E-state index in [2.05, 4.69) is 60.7 Å². The van der Waals surface area contributed by atoms with Crippen LogP contribution in [0.3, 0.4) is 0 Å². The first-order valence-electron chi connectivity index (χ1n) is 17.8. The lowest BCUT2D eigenvalue weighted by Crippen LogP contribution is -2.43. The lowest BCUT2D eigenvalue weighted by Gasteiger charge is -2.27. The van der Waals surface area contributed by atoms with Gasteiger partial charge in [0.2, 0.25) is 0 Å². The van der Waals surface area contributed by atoms with Gasteiger partial charge in [-0.3, -0.25) is 0 Å². The van der Waals surface area contributed by atoms with Crippen LogP contribution in [0.4, 0.5) is 0 Å². The van der Waals surface area contributed by atoms with E-state index in [0.717, 1.165) is 27.8 Å². The fourth-order valence-electron chi connectivity index (χ4n) is 6.17. The van der Waals surface area contributed by atoms with E-state index in [0.29, 0.717) is 19.2 Å². The molecule has 8 nitrogen and oxygen atoms in total. The molecule has 4 atom stereocenters. The second kappa shape index (κ2) is 19.9. The van der Waals surface area contributed by atoms with Crippen molar-refractivity contribution in [1.82, 2.24) is 0 Å². The Morgan fingerprint density at radius 1 is 0.647 bits per heavy atom. The van der Waals surface area contributed by atoms with Gasteiger partial charge in [0.15, 0.2) is 11.2 Å². The van der Waals surface area contributed by atoms with E-state index in [1.165, 1.54) is 19.4 Å². The first kappa shape index (κ1) is 41.1. The topological polar surface area (TPSA) is 139 Å². The van der Waals surface area contributed by atoms with Crippen LogP contribution in [0.1, 0.15) is 51.7 Å². The zero-order valence-corrected chi connectivity index (χ0v) is 30.6. The van der Waals surface area contributed by atoms with Crippen molar-refractivity contribution in [2.45, 2.75) is 83.8 Å². The molecule has 0 aliphatic heterocycles. The number of hydrogen-bond donors (Lipinski definition) is 4. The Hall–Kier alpha value is -4.28. The number of esters is 2. The zero-order chi connectivity index (χ0) is 37.4. The van der Waals surface area contributed by atoms with Gasteiger partial charge in [0, 0.05) is 12.5 Å². The molecule has 0 aliphatic carbocycles. The van der Waals surface area contributed by atoms with Crippen LogP contribution in [0.15, 0.2) is 109 Å². The molecule has 0 heterocycles. The molecule has 51 heavy (non-hydrogen) atoms. The molecule has 4 aromatic rings. The van der Waals surface area contributed by atoms with E-state index in [4.69, 9.17) is 15.2 Å². The average molecular weight is 696 g/mol. The Bertz CT molecular complexity index is 1610. The van der Waals surface area contributed by atoms with Gasteiger partial charge in [-0.15, -0.1) is 0 Å². The number of aliphatic hydroxyl groups is 2. The molecule has 0 saturated carbocycles. The number of benzene rings is 4. The van der Waals surface area contributed by atoms with Crippen molar-refractivity contribution in [2.75, 3.05) is 13.2 Å². The fraction of sp³-hybridized carbons (Fsp3) is 0.381. The average Bonchev–Trinajstić information content (AvgIpc) is 3.09. The minimum Gasteiger partial charge on any atom is -0.464 e. The molecule has 0 spiro atoms. The normalized spacial score (nSPS) is 14.5. The standard InChI is InChI=1S/C22H29BO4.C20H25NO3/c1-4-27-21(24)22(2,25)15-18(16-23(3)26)14-17-10-12-20(13-11-17)19-8-6-5-7-9-19;1-3-24-19(22)20(2,23)14-18(21)13-15-9-11-17(12-10-15)16-7-5-4-6-8-16/h5-13,18,25-26H,4,14-16H2,1-3H3;4-12,18,23H,3,13-14,21H2,1-2H3/t18-,22?;18-,20?/m11/s1. The van der Waals surface area contributed by atoms with E-state index in [1.807, 2.05) is 48.5 Å². The van der Waals surface area contributed by atoms with Crippen molar-refractivity contribution in [3.05, 3.63) is 120 Å². The monoisotopic (exact) mass is 695 g/mol. The summed E-state index contributed by atoms with van der Waals surface area (Å²) in [6, 6.07) is 36.4. The molecule has 0 aliphatic rings. The summed E-state index contributed by atoms with van der Waals surface area (Å²) in [5.41, 5.74) is 9.79. The van der Waals surface area contributed by atoms with Crippen molar-refractivity contribution < 1.29 is 34.3 Å². The van der Waals surface area contributed by atoms with Gasteiger partial charge in [0.1, 0.15) is 0 Å². The third-order valence-electron chi connectivity index (χ3n) is 8.60. The molecular formula is C42H54BNO7. The van der Waals surface area contributed by atoms with Crippen molar-refractivity contribution in [2.24, 2.45) is 11.7 Å². The lowest BCUT2D eigenvalue weighted by atomic mass is 9.61. The predicted molar refractivity (Wildman–Crippen MR) is 205 cm³/mol. The summed E-state index contributed by atoms with van der Waals surface area (Å²) in [6.07, 6.45) is 2.18. The smallest absolute Gasteiger partial charge is 0.337 e. The SMILES string of the molecule is CCOC(=O)C(C)(O)C[C@H](CB(C)O)Cc1ccc(-c2ccccc2)cc1.CCOC(=O)C(C)(O)C[C@H](N)Cc1ccc(-c2ccccc2)cc1. The number of hydrogen-bond acceptors (Lipinski definition) is 8. The summed E-state index contributed by atoms with van der Waals surface area (Å²) in [5, 5.41) is 30.5. The Morgan fingerprint density at radius 2 is 1.02 bits per heavy atom. The first-order valence-corrected chi connectivity index (χ1v) is 17.8. The minimum absolute atomic E-state index is 0.0352. The molecular weight excluding hydrogens is 641 g/mol. The maximum absolute atomic E-state index is 12.0.